The molecule has 3 heteroatoms. The molecule has 1 unspecified atom stereocenters. The van der Waals surface area contributed by atoms with E-state index in [1.807, 2.05) is 0 Å². The van der Waals surface area contributed by atoms with Crippen LogP contribution in [0.2, 0.25) is 0 Å². The van der Waals surface area contributed by atoms with Crippen LogP contribution in [-0.2, 0) is 4.79 Å². The van der Waals surface area contributed by atoms with Gasteiger partial charge in [0.25, 0.3) is 0 Å². The van der Waals surface area contributed by atoms with E-state index in [1.165, 1.54) is 38.5 Å². The van der Waals surface area contributed by atoms with Crippen LogP contribution in [0.1, 0.15) is 65.2 Å². The number of hydrogen-bond donors (Lipinski definition) is 1. The number of carbonyl (C=O) groups is 1. The van der Waals surface area contributed by atoms with Crippen molar-refractivity contribution in [1.82, 2.24) is 10.2 Å². The molecule has 0 bridgehead atoms. The number of carbonyl (C=O) groups excluding carboxylic acids is 1. The van der Waals surface area contributed by atoms with Crippen molar-refractivity contribution in [3.8, 4) is 0 Å². The third-order valence-corrected chi connectivity index (χ3v) is 5.34. The molecule has 18 heavy (non-hydrogen) atoms. The van der Waals surface area contributed by atoms with E-state index in [0.717, 1.165) is 19.5 Å². The average Bonchev–Trinajstić information content (AvgIpc) is 2.89. The van der Waals surface area contributed by atoms with Gasteiger partial charge in [0.05, 0.1) is 12.2 Å². The maximum absolute atomic E-state index is 12.7. The number of hydrogen-bond acceptors (Lipinski definition) is 2. The van der Waals surface area contributed by atoms with E-state index in [0.29, 0.717) is 17.4 Å². The zero-order valence-corrected chi connectivity index (χ0v) is 11.8. The summed E-state index contributed by atoms with van der Waals surface area (Å²) in [5.74, 6) is 0.405. The first-order valence-electron chi connectivity index (χ1n) is 7.59. The van der Waals surface area contributed by atoms with Crippen LogP contribution in [0.3, 0.4) is 0 Å². The second kappa shape index (κ2) is 4.22. The molecule has 0 aromatic rings. The van der Waals surface area contributed by atoms with Crippen molar-refractivity contribution in [1.29, 1.82) is 0 Å². The molecule has 1 heterocycles. The number of nitrogens with zero attached hydrogens (tertiary/aromatic N) is 1. The zero-order chi connectivity index (χ0) is 12.8. The van der Waals surface area contributed by atoms with Gasteiger partial charge >= 0.3 is 0 Å². The SMILES string of the molecule is CC1(C)CCCC(N2CNC3(CCCC3)C2=O)C1. The smallest absolute Gasteiger partial charge is 0.244 e. The van der Waals surface area contributed by atoms with Crippen LogP contribution in [0.4, 0.5) is 0 Å². The molecule has 3 fully saturated rings. The lowest BCUT2D eigenvalue weighted by molar-refractivity contribution is -0.135. The van der Waals surface area contributed by atoms with Gasteiger partial charge in [-0.1, -0.05) is 33.1 Å². The van der Waals surface area contributed by atoms with Gasteiger partial charge in [-0.2, -0.15) is 0 Å². The maximum Gasteiger partial charge on any atom is 0.244 e. The molecule has 2 aliphatic carbocycles. The summed E-state index contributed by atoms with van der Waals surface area (Å²) in [6, 6.07) is 0.480. The highest BCUT2D eigenvalue weighted by molar-refractivity contribution is 5.89. The van der Waals surface area contributed by atoms with Gasteiger partial charge in [0.15, 0.2) is 0 Å². The largest absolute Gasteiger partial charge is 0.325 e. The Morgan fingerprint density at radius 1 is 1.17 bits per heavy atom. The summed E-state index contributed by atoms with van der Waals surface area (Å²) in [6.45, 7) is 5.48. The van der Waals surface area contributed by atoms with E-state index >= 15 is 0 Å². The Balaban J connectivity index is 1.72. The molecule has 0 radical (unpaired) electrons. The Labute approximate surface area is 110 Å². The summed E-state index contributed by atoms with van der Waals surface area (Å²) in [4.78, 5) is 14.9. The van der Waals surface area contributed by atoms with Crippen LogP contribution in [0.5, 0.6) is 0 Å². The number of amides is 1. The number of nitrogens with one attached hydrogen (secondary N) is 1. The maximum atomic E-state index is 12.7. The van der Waals surface area contributed by atoms with Crippen molar-refractivity contribution < 1.29 is 4.79 Å². The van der Waals surface area contributed by atoms with Gasteiger partial charge in [0.1, 0.15) is 0 Å². The topological polar surface area (TPSA) is 32.3 Å². The summed E-state index contributed by atoms with van der Waals surface area (Å²) >= 11 is 0. The summed E-state index contributed by atoms with van der Waals surface area (Å²) in [6.07, 6.45) is 9.49. The summed E-state index contributed by atoms with van der Waals surface area (Å²) in [5.41, 5.74) is 0.246. The molecule has 1 amide bonds. The molecule has 3 rings (SSSR count). The third-order valence-electron chi connectivity index (χ3n) is 5.34. The molecule has 3 nitrogen and oxygen atoms in total. The Hall–Kier alpha value is -0.570. The Bertz CT molecular complexity index is 344. The van der Waals surface area contributed by atoms with Gasteiger partial charge < -0.3 is 4.90 Å². The van der Waals surface area contributed by atoms with E-state index in [-0.39, 0.29) is 5.54 Å². The van der Waals surface area contributed by atoms with Gasteiger partial charge in [0, 0.05) is 6.04 Å². The van der Waals surface area contributed by atoms with E-state index in [1.54, 1.807) is 0 Å². The monoisotopic (exact) mass is 250 g/mol. The molecule has 3 aliphatic rings. The lowest BCUT2D eigenvalue weighted by atomic mass is 9.74. The van der Waals surface area contributed by atoms with E-state index in [9.17, 15) is 4.79 Å². The van der Waals surface area contributed by atoms with Gasteiger partial charge in [-0.15, -0.1) is 0 Å². The van der Waals surface area contributed by atoms with Crippen LogP contribution in [-0.4, -0.2) is 29.1 Å². The highest BCUT2D eigenvalue weighted by Gasteiger charge is 2.50. The predicted octanol–water partition coefficient (Wildman–Crippen LogP) is 2.66. The lowest BCUT2D eigenvalue weighted by Crippen LogP contribution is -2.47. The van der Waals surface area contributed by atoms with Crippen LogP contribution in [0.15, 0.2) is 0 Å². The van der Waals surface area contributed by atoms with Crippen LogP contribution in [0.25, 0.3) is 0 Å². The van der Waals surface area contributed by atoms with Gasteiger partial charge in [-0.25, -0.2) is 0 Å². The Kier molecular flexibility index (Phi) is 2.92. The molecule has 1 atom stereocenters. The van der Waals surface area contributed by atoms with Crippen molar-refractivity contribution in [2.45, 2.75) is 76.8 Å². The van der Waals surface area contributed by atoms with Gasteiger partial charge in [-0.05, 0) is 37.5 Å². The highest BCUT2D eigenvalue weighted by Crippen LogP contribution is 2.41. The standard InChI is InChI=1S/C15H26N2O/c1-14(2)7-5-6-12(10-14)17-11-16-15(13(17)18)8-3-4-9-15/h12,16H,3-11H2,1-2H3. The molecular weight excluding hydrogens is 224 g/mol. The summed E-state index contributed by atoms with van der Waals surface area (Å²) in [7, 11) is 0. The zero-order valence-electron chi connectivity index (χ0n) is 11.8. The average molecular weight is 250 g/mol. The van der Waals surface area contributed by atoms with Crippen molar-refractivity contribution in [3.63, 3.8) is 0 Å². The minimum atomic E-state index is -0.165. The second-order valence-corrected chi connectivity index (χ2v) is 7.31. The molecule has 1 spiro atoms. The first-order valence-corrected chi connectivity index (χ1v) is 7.59. The van der Waals surface area contributed by atoms with Gasteiger partial charge in [0.2, 0.25) is 5.91 Å². The summed E-state index contributed by atoms with van der Waals surface area (Å²) in [5, 5.41) is 3.53. The second-order valence-electron chi connectivity index (χ2n) is 7.31. The van der Waals surface area contributed by atoms with Crippen molar-refractivity contribution in [3.05, 3.63) is 0 Å². The normalized spacial score (nSPS) is 34.4. The molecule has 0 aromatic heterocycles. The third kappa shape index (κ3) is 1.97. The molecular formula is C15H26N2O. The molecule has 1 aliphatic heterocycles. The first-order chi connectivity index (χ1) is 8.53. The van der Waals surface area contributed by atoms with Crippen LogP contribution >= 0.6 is 0 Å². The van der Waals surface area contributed by atoms with Gasteiger partial charge in [-0.3, -0.25) is 10.1 Å². The fraction of sp³-hybridized carbons (Fsp3) is 0.933. The lowest BCUT2D eigenvalue weighted by Gasteiger charge is -2.39. The Morgan fingerprint density at radius 3 is 2.56 bits per heavy atom. The fourth-order valence-corrected chi connectivity index (χ4v) is 4.25. The molecule has 1 N–H and O–H groups in total. The molecule has 102 valence electrons. The van der Waals surface area contributed by atoms with E-state index in [2.05, 4.69) is 24.1 Å². The van der Waals surface area contributed by atoms with Crippen molar-refractivity contribution in [2.75, 3.05) is 6.67 Å². The van der Waals surface area contributed by atoms with Crippen LogP contribution < -0.4 is 5.32 Å². The van der Waals surface area contributed by atoms with Crippen molar-refractivity contribution >= 4 is 5.91 Å². The van der Waals surface area contributed by atoms with E-state index in [4.69, 9.17) is 0 Å². The first kappa shape index (κ1) is 12.5. The molecule has 1 saturated heterocycles. The molecule has 0 aromatic carbocycles. The Morgan fingerprint density at radius 2 is 1.89 bits per heavy atom. The van der Waals surface area contributed by atoms with Crippen LogP contribution in [0, 0.1) is 5.41 Å². The fourth-order valence-electron chi connectivity index (χ4n) is 4.25. The number of rotatable bonds is 1. The minimum absolute atomic E-state index is 0.165. The predicted molar refractivity (Wildman–Crippen MR) is 72.1 cm³/mol. The molecule has 2 saturated carbocycles. The highest BCUT2D eigenvalue weighted by atomic mass is 16.2. The quantitative estimate of drug-likeness (QED) is 0.776. The van der Waals surface area contributed by atoms with E-state index < -0.39 is 0 Å². The summed E-state index contributed by atoms with van der Waals surface area (Å²) < 4.78 is 0. The minimum Gasteiger partial charge on any atom is -0.325 e. The van der Waals surface area contributed by atoms with Crippen molar-refractivity contribution in [2.24, 2.45) is 5.41 Å².